The van der Waals surface area contributed by atoms with Gasteiger partial charge in [-0.1, -0.05) is 15.9 Å². The van der Waals surface area contributed by atoms with E-state index in [0.29, 0.717) is 5.69 Å². The van der Waals surface area contributed by atoms with E-state index in [2.05, 4.69) is 21.2 Å². The molecule has 0 radical (unpaired) electrons. The zero-order valence-electron chi connectivity index (χ0n) is 10.9. The van der Waals surface area contributed by atoms with Crippen molar-refractivity contribution in [3.63, 3.8) is 0 Å². The van der Waals surface area contributed by atoms with Gasteiger partial charge in [-0.25, -0.2) is 0 Å². The van der Waals surface area contributed by atoms with Crippen LogP contribution in [0.25, 0.3) is 0 Å². The molecule has 0 amide bonds. The normalized spacial score (nSPS) is 11.0. The standard InChI is InChI=1S/C15H10BrF3N2/c1-9-6-11(16)3-5-14(9)21-12-4-2-10(8-20)13(7-12)15(17,18)19/h2-7,21H,1H3. The first-order chi connectivity index (χ1) is 9.81. The second kappa shape index (κ2) is 5.78. The minimum Gasteiger partial charge on any atom is -0.355 e. The van der Waals surface area contributed by atoms with Crippen LogP contribution in [0.15, 0.2) is 40.9 Å². The van der Waals surface area contributed by atoms with Crippen LogP contribution >= 0.6 is 15.9 Å². The largest absolute Gasteiger partial charge is 0.417 e. The summed E-state index contributed by atoms with van der Waals surface area (Å²) in [5.41, 5.74) is 0.551. The number of aryl methyl sites for hydroxylation is 1. The molecule has 2 aromatic carbocycles. The minimum absolute atomic E-state index is 0.284. The molecule has 2 aromatic rings. The van der Waals surface area contributed by atoms with E-state index in [0.717, 1.165) is 16.1 Å². The van der Waals surface area contributed by atoms with Gasteiger partial charge in [-0.15, -0.1) is 0 Å². The van der Waals surface area contributed by atoms with Crippen molar-refractivity contribution in [1.29, 1.82) is 5.26 Å². The van der Waals surface area contributed by atoms with Crippen LogP contribution in [0, 0.1) is 18.3 Å². The van der Waals surface area contributed by atoms with Crippen molar-refractivity contribution in [2.24, 2.45) is 0 Å². The summed E-state index contributed by atoms with van der Waals surface area (Å²) in [6.07, 6.45) is -4.56. The molecule has 1 N–H and O–H groups in total. The summed E-state index contributed by atoms with van der Waals surface area (Å²) in [5, 5.41) is 11.7. The molecule has 0 aliphatic heterocycles. The van der Waals surface area contributed by atoms with E-state index >= 15 is 0 Å². The highest BCUT2D eigenvalue weighted by molar-refractivity contribution is 9.10. The highest BCUT2D eigenvalue weighted by Gasteiger charge is 2.33. The summed E-state index contributed by atoms with van der Waals surface area (Å²) in [4.78, 5) is 0. The van der Waals surface area contributed by atoms with Gasteiger partial charge >= 0.3 is 6.18 Å². The number of alkyl halides is 3. The molecule has 0 aliphatic carbocycles. The zero-order valence-corrected chi connectivity index (χ0v) is 12.5. The van der Waals surface area contributed by atoms with Crippen molar-refractivity contribution in [2.45, 2.75) is 13.1 Å². The molecule has 0 atom stereocenters. The molecule has 0 aliphatic rings. The monoisotopic (exact) mass is 354 g/mol. The van der Waals surface area contributed by atoms with Crippen molar-refractivity contribution in [2.75, 3.05) is 5.32 Å². The summed E-state index contributed by atoms with van der Waals surface area (Å²) in [6.45, 7) is 1.85. The fourth-order valence-electron chi connectivity index (χ4n) is 1.88. The van der Waals surface area contributed by atoms with E-state index in [-0.39, 0.29) is 11.3 Å². The number of nitriles is 1. The first-order valence-corrected chi connectivity index (χ1v) is 6.75. The van der Waals surface area contributed by atoms with Crippen molar-refractivity contribution in [1.82, 2.24) is 0 Å². The Hall–Kier alpha value is -2.00. The van der Waals surface area contributed by atoms with Gasteiger partial charge in [0.05, 0.1) is 17.2 Å². The number of benzene rings is 2. The van der Waals surface area contributed by atoms with E-state index < -0.39 is 11.7 Å². The second-order valence-corrected chi connectivity index (χ2v) is 5.37. The number of anilines is 2. The van der Waals surface area contributed by atoms with Crippen molar-refractivity contribution < 1.29 is 13.2 Å². The Balaban J connectivity index is 2.40. The molecule has 6 heteroatoms. The van der Waals surface area contributed by atoms with Gasteiger partial charge in [0.15, 0.2) is 0 Å². The van der Waals surface area contributed by atoms with Crippen LogP contribution in [0.5, 0.6) is 0 Å². The molecule has 2 nitrogen and oxygen atoms in total. The zero-order chi connectivity index (χ0) is 15.6. The maximum atomic E-state index is 12.9. The van der Waals surface area contributed by atoms with Crippen LogP contribution in [-0.2, 0) is 6.18 Å². The minimum atomic E-state index is -4.56. The lowest BCUT2D eigenvalue weighted by Gasteiger charge is -2.13. The molecule has 21 heavy (non-hydrogen) atoms. The molecule has 0 spiro atoms. The number of nitrogens with zero attached hydrogens (tertiary/aromatic N) is 1. The quantitative estimate of drug-likeness (QED) is 0.784. The third-order valence-electron chi connectivity index (χ3n) is 2.91. The van der Waals surface area contributed by atoms with Gasteiger partial charge in [0.2, 0.25) is 0 Å². The van der Waals surface area contributed by atoms with Crippen molar-refractivity contribution in [3.8, 4) is 6.07 Å². The number of rotatable bonds is 2. The fraction of sp³-hybridized carbons (Fsp3) is 0.133. The fourth-order valence-corrected chi connectivity index (χ4v) is 2.35. The highest BCUT2D eigenvalue weighted by Crippen LogP contribution is 2.34. The Morgan fingerprint density at radius 3 is 2.43 bits per heavy atom. The van der Waals surface area contributed by atoms with Gasteiger partial charge in [-0.2, -0.15) is 18.4 Å². The lowest BCUT2D eigenvalue weighted by Crippen LogP contribution is -2.08. The molecule has 0 unspecified atom stereocenters. The molecule has 0 aromatic heterocycles. The third kappa shape index (κ3) is 3.56. The van der Waals surface area contributed by atoms with E-state index in [1.54, 1.807) is 18.2 Å². The predicted molar refractivity (Wildman–Crippen MR) is 78.3 cm³/mol. The highest BCUT2D eigenvalue weighted by atomic mass is 79.9. The average molecular weight is 355 g/mol. The summed E-state index contributed by atoms with van der Waals surface area (Å²) < 4.78 is 39.6. The maximum Gasteiger partial charge on any atom is 0.417 e. The van der Waals surface area contributed by atoms with Crippen LogP contribution in [0.1, 0.15) is 16.7 Å². The van der Waals surface area contributed by atoms with Crippen molar-refractivity contribution in [3.05, 3.63) is 57.6 Å². The van der Waals surface area contributed by atoms with Gasteiger partial charge < -0.3 is 5.32 Å². The smallest absolute Gasteiger partial charge is 0.355 e. The number of hydrogen-bond acceptors (Lipinski definition) is 2. The molecule has 108 valence electrons. The first kappa shape index (κ1) is 15.4. The summed E-state index contributed by atoms with van der Waals surface area (Å²) >= 11 is 3.33. The van der Waals surface area contributed by atoms with Crippen LogP contribution in [-0.4, -0.2) is 0 Å². The van der Waals surface area contributed by atoms with E-state index in [9.17, 15) is 13.2 Å². The summed E-state index contributed by atoms with van der Waals surface area (Å²) in [6, 6.07) is 10.5. The van der Waals surface area contributed by atoms with E-state index in [4.69, 9.17) is 5.26 Å². The van der Waals surface area contributed by atoms with Crippen LogP contribution in [0.4, 0.5) is 24.5 Å². The van der Waals surface area contributed by atoms with Crippen LogP contribution in [0.3, 0.4) is 0 Å². The Bertz CT molecular complexity index is 718. The Morgan fingerprint density at radius 2 is 1.86 bits per heavy atom. The lowest BCUT2D eigenvalue weighted by molar-refractivity contribution is -0.137. The van der Waals surface area contributed by atoms with Crippen molar-refractivity contribution >= 4 is 27.3 Å². The Morgan fingerprint density at radius 1 is 1.14 bits per heavy atom. The van der Waals surface area contributed by atoms with Gasteiger partial charge in [0, 0.05) is 15.8 Å². The molecular formula is C15H10BrF3N2. The molecule has 0 saturated heterocycles. The summed E-state index contributed by atoms with van der Waals surface area (Å²) in [7, 11) is 0. The average Bonchev–Trinajstić information content (AvgIpc) is 2.41. The van der Waals surface area contributed by atoms with E-state index in [1.165, 1.54) is 12.1 Å². The second-order valence-electron chi connectivity index (χ2n) is 4.45. The lowest BCUT2D eigenvalue weighted by atomic mass is 10.1. The van der Waals surface area contributed by atoms with Gasteiger partial charge in [0.25, 0.3) is 0 Å². The van der Waals surface area contributed by atoms with Crippen LogP contribution < -0.4 is 5.32 Å². The topological polar surface area (TPSA) is 35.8 Å². The molecule has 0 heterocycles. The SMILES string of the molecule is Cc1cc(Br)ccc1Nc1ccc(C#N)c(C(F)(F)F)c1. The van der Waals surface area contributed by atoms with Gasteiger partial charge in [0.1, 0.15) is 0 Å². The molecular weight excluding hydrogens is 345 g/mol. The predicted octanol–water partition coefficient (Wildman–Crippen LogP) is 5.39. The molecule has 2 rings (SSSR count). The van der Waals surface area contributed by atoms with Gasteiger partial charge in [-0.3, -0.25) is 0 Å². The Labute approximate surface area is 128 Å². The first-order valence-electron chi connectivity index (χ1n) is 5.96. The third-order valence-corrected chi connectivity index (χ3v) is 3.41. The van der Waals surface area contributed by atoms with E-state index in [1.807, 2.05) is 13.0 Å². The number of halogens is 4. The van der Waals surface area contributed by atoms with Gasteiger partial charge in [-0.05, 0) is 48.9 Å². The molecule has 0 fully saturated rings. The van der Waals surface area contributed by atoms with Crippen LogP contribution in [0.2, 0.25) is 0 Å². The molecule has 0 saturated carbocycles. The number of hydrogen-bond donors (Lipinski definition) is 1. The summed E-state index contributed by atoms with van der Waals surface area (Å²) in [5.74, 6) is 0. The number of nitrogens with one attached hydrogen (secondary N) is 1. The maximum absolute atomic E-state index is 12.9. The Kier molecular flexibility index (Phi) is 4.24. The molecule has 0 bridgehead atoms.